The smallest absolute Gasteiger partial charge is 0.234 e. The molecular formula is C17H12F3N3OS. The van der Waals surface area contributed by atoms with Crippen LogP contribution < -0.4 is 5.32 Å². The molecule has 2 aromatic carbocycles. The summed E-state index contributed by atoms with van der Waals surface area (Å²) in [5, 5.41) is 2.56. The van der Waals surface area contributed by atoms with Gasteiger partial charge in [0.05, 0.1) is 17.8 Å². The number of carbonyl (C=O) groups is 1. The molecule has 25 heavy (non-hydrogen) atoms. The predicted octanol–water partition coefficient (Wildman–Crippen LogP) is 4.02. The molecule has 0 spiro atoms. The van der Waals surface area contributed by atoms with Gasteiger partial charge in [-0.05, 0) is 36.4 Å². The van der Waals surface area contributed by atoms with Crippen molar-refractivity contribution in [3.8, 4) is 5.69 Å². The number of nitrogens with one attached hydrogen (secondary N) is 1. The van der Waals surface area contributed by atoms with Gasteiger partial charge in [-0.2, -0.15) is 0 Å². The first-order chi connectivity index (χ1) is 12.0. The summed E-state index contributed by atoms with van der Waals surface area (Å²) in [6.45, 7) is 0. The zero-order valence-electron chi connectivity index (χ0n) is 12.7. The topological polar surface area (TPSA) is 46.9 Å². The average molecular weight is 363 g/mol. The third-order valence-electron chi connectivity index (χ3n) is 3.28. The van der Waals surface area contributed by atoms with Crippen molar-refractivity contribution >= 4 is 23.4 Å². The Morgan fingerprint density at radius 1 is 1.08 bits per heavy atom. The Kier molecular flexibility index (Phi) is 5.08. The van der Waals surface area contributed by atoms with Crippen LogP contribution in [0.4, 0.5) is 18.9 Å². The van der Waals surface area contributed by atoms with Gasteiger partial charge < -0.3 is 9.88 Å². The number of aromatic nitrogens is 2. The predicted molar refractivity (Wildman–Crippen MR) is 89.2 cm³/mol. The van der Waals surface area contributed by atoms with Crippen molar-refractivity contribution in [3.05, 3.63) is 72.6 Å². The first-order valence-corrected chi connectivity index (χ1v) is 8.17. The second kappa shape index (κ2) is 7.43. The minimum absolute atomic E-state index is 0.0179. The van der Waals surface area contributed by atoms with E-state index in [0.717, 1.165) is 23.9 Å². The summed E-state index contributed by atoms with van der Waals surface area (Å²) in [7, 11) is 0. The van der Waals surface area contributed by atoms with E-state index in [1.54, 1.807) is 12.3 Å². The maximum absolute atomic E-state index is 14.1. The number of imidazole rings is 1. The van der Waals surface area contributed by atoms with Crippen molar-refractivity contribution in [2.45, 2.75) is 4.90 Å². The quantitative estimate of drug-likeness (QED) is 0.697. The number of hydrogen-bond acceptors (Lipinski definition) is 3. The third-order valence-corrected chi connectivity index (χ3v) is 4.27. The molecule has 1 heterocycles. The number of benzene rings is 2. The van der Waals surface area contributed by atoms with Gasteiger partial charge in [0.15, 0.2) is 11.6 Å². The number of carbonyl (C=O) groups excluding carboxylic acids is 1. The Morgan fingerprint density at radius 2 is 1.92 bits per heavy atom. The highest BCUT2D eigenvalue weighted by Crippen LogP contribution is 2.22. The standard InChI is InChI=1S/C17H12F3N3OS/c18-13-3-2-12(8-14(13)19)25-9-17(24)22-11-1-4-16(15(20)7-11)23-6-5-21-10-23/h1-8,10H,9H2,(H,22,24). The lowest BCUT2D eigenvalue weighted by Gasteiger charge is -2.08. The molecule has 0 aliphatic rings. The Bertz CT molecular complexity index is 900. The third kappa shape index (κ3) is 4.21. The minimum Gasteiger partial charge on any atom is -0.325 e. The van der Waals surface area contributed by atoms with Crippen LogP contribution in [-0.4, -0.2) is 21.2 Å². The molecule has 0 aliphatic carbocycles. The van der Waals surface area contributed by atoms with Crippen LogP contribution in [0, 0.1) is 17.5 Å². The van der Waals surface area contributed by atoms with E-state index in [2.05, 4.69) is 10.3 Å². The van der Waals surface area contributed by atoms with Crippen LogP contribution in [0.3, 0.4) is 0 Å². The lowest BCUT2D eigenvalue weighted by Crippen LogP contribution is -2.14. The van der Waals surface area contributed by atoms with Crippen LogP contribution in [0.2, 0.25) is 0 Å². The summed E-state index contributed by atoms with van der Waals surface area (Å²) in [5.41, 5.74) is 0.615. The molecule has 1 N–H and O–H groups in total. The molecule has 3 aromatic rings. The molecule has 1 aromatic heterocycles. The summed E-state index contributed by atoms with van der Waals surface area (Å²) in [5.74, 6) is -2.82. The summed E-state index contributed by atoms with van der Waals surface area (Å²) >= 11 is 1.05. The highest BCUT2D eigenvalue weighted by molar-refractivity contribution is 8.00. The molecule has 0 unspecified atom stereocenters. The van der Waals surface area contributed by atoms with Gasteiger partial charge in [-0.1, -0.05) is 0 Å². The fourth-order valence-corrected chi connectivity index (χ4v) is 2.83. The van der Waals surface area contributed by atoms with E-state index in [0.29, 0.717) is 16.3 Å². The monoisotopic (exact) mass is 363 g/mol. The molecule has 0 radical (unpaired) electrons. The van der Waals surface area contributed by atoms with Gasteiger partial charge in [-0.25, -0.2) is 18.2 Å². The fraction of sp³-hybridized carbons (Fsp3) is 0.0588. The number of halogens is 3. The first kappa shape index (κ1) is 17.1. The molecule has 1 amide bonds. The van der Waals surface area contributed by atoms with Crippen molar-refractivity contribution in [1.82, 2.24) is 9.55 Å². The Hall–Kier alpha value is -2.74. The maximum Gasteiger partial charge on any atom is 0.234 e. The maximum atomic E-state index is 14.1. The second-order valence-electron chi connectivity index (χ2n) is 5.05. The minimum atomic E-state index is -0.970. The number of thioether (sulfide) groups is 1. The molecule has 128 valence electrons. The van der Waals surface area contributed by atoms with Crippen LogP contribution in [0.1, 0.15) is 0 Å². The molecule has 0 bridgehead atoms. The van der Waals surface area contributed by atoms with Crippen molar-refractivity contribution in [1.29, 1.82) is 0 Å². The summed E-state index contributed by atoms with van der Waals surface area (Å²) in [6.07, 6.45) is 4.61. The number of amides is 1. The summed E-state index contributed by atoms with van der Waals surface area (Å²) in [4.78, 5) is 16.2. The van der Waals surface area contributed by atoms with Crippen molar-refractivity contribution < 1.29 is 18.0 Å². The second-order valence-corrected chi connectivity index (χ2v) is 6.10. The lowest BCUT2D eigenvalue weighted by molar-refractivity contribution is -0.113. The molecule has 0 fully saturated rings. The average Bonchev–Trinajstić information content (AvgIpc) is 3.10. The van der Waals surface area contributed by atoms with Gasteiger partial charge in [-0.3, -0.25) is 4.79 Å². The fourth-order valence-electron chi connectivity index (χ4n) is 2.11. The van der Waals surface area contributed by atoms with E-state index in [1.165, 1.54) is 35.3 Å². The molecule has 0 aliphatic heterocycles. The Labute approximate surface area is 145 Å². The van der Waals surface area contributed by atoms with E-state index in [9.17, 15) is 18.0 Å². The normalized spacial score (nSPS) is 10.7. The van der Waals surface area contributed by atoms with Crippen LogP contribution >= 0.6 is 11.8 Å². The number of anilines is 1. The van der Waals surface area contributed by atoms with E-state index < -0.39 is 17.5 Å². The van der Waals surface area contributed by atoms with Gasteiger partial charge in [0.25, 0.3) is 0 Å². The number of hydrogen-bond donors (Lipinski definition) is 1. The zero-order valence-corrected chi connectivity index (χ0v) is 13.6. The van der Waals surface area contributed by atoms with E-state index in [4.69, 9.17) is 0 Å². The SMILES string of the molecule is O=C(CSc1ccc(F)c(F)c1)Nc1ccc(-n2ccnc2)c(F)c1. The van der Waals surface area contributed by atoms with Gasteiger partial charge in [0.2, 0.25) is 5.91 Å². The molecule has 0 saturated carbocycles. The lowest BCUT2D eigenvalue weighted by atomic mass is 10.2. The molecular weight excluding hydrogens is 351 g/mol. The van der Waals surface area contributed by atoms with Crippen molar-refractivity contribution in [3.63, 3.8) is 0 Å². The van der Waals surface area contributed by atoms with Crippen LogP contribution in [0.25, 0.3) is 5.69 Å². The highest BCUT2D eigenvalue weighted by Gasteiger charge is 2.09. The Morgan fingerprint density at radius 3 is 2.60 bits per heavy atom. The molecule has 8 heteroatoms. The van der Waals surface area contributed by atoms with Crippen LogP contribution in [-0.2, 0) is 4.79 Å². The van der Waals surface area contributed by atoms with Crippen LogP contribution in [0.15, 0.2) is 60.0 Å². The highest BCUT2D eigenvalue weighted by atomic mass is 32.2. The summed E-state index contributed by atoms with van der Waals surface area (Å²) < 4.78 is 41.6. The first-order valence-electron chi connectivity index (χ1n) is 7.18. The van der Waals surface area contributed by atoms with Gasteiger partial charge in [0.1, 0.15) is 5.82 Å². The van der Waals surface area contributed by atoms with E-state index >= 15 is 0 Å². The summed E-state index contributed by atoms with van der Waals surface area (Å²) in [6, 6.07) is 7.70. The molecule has 0 atom stereocenters. The largest absolute Gasteiger partial charge is 0.325 e. The van der Waals surface area contributed by atoms with Crippen LogP contribution in [0.5, 0.6) is 0 Å². The van der Waals surface area contributed by atoms with Gasteiger partial charge in [-0.15, -0.1) is 11.8 Å². The molecule has 0 saturated heterocycles. The Balaban J connectivity index is 1.61. The number of rotatable bonds is 5. The molecule has 4 nitrogen and oxygen atoms in total. The van der Waals surface area contributed by atoms with E-state index in [-0.39, 0.29) is 11.7 Å². The van der Waals surface area contributed by atoms with Crippen molar-refractivity contribution in [2.75, 3.05) is 11.1 Å². The molecule has 3 rings (SSSR count). The van der Waals surface area contributed by atoms with E-state index in [1.807, 2.05) is 0 Å². The van der Waals surface area contributed by atoms with Crippen molar-refractivity contribution in [2.24, 2.45) is 0 Å². The van der Waals surface area contributed by atoms with Gasteiger partial charge in [0, 0.05) is 23.0 Å². The zero-order chi connectivity index (χ0) is 17.8. The number of nitrogens with zero attached hydrogens (tertiary/aromatic N) is 2. The van der Waals surface area contributed by atoms with Gasteiger partial charge >= 0.3 is 0 Å².